The van der Waals surface area contributed by atoms with E-state index in [0.29, 0.717) is 5.75 Å². The second-order valence-corrected chi connectivity index (χ2v) is 5.66. The predicted molar refractivity (Wildman–Crippen MR) is 85.7 cm³/mol. The molecule has 0 aliphatic rings. The molecule has 3 heteroatoms. The van der Waals surface area contributed by atoms with E-state index in [1.807, 2.05) is 12.1 Å². The second-order valence-electron chi connectivity index (χ2n) is 5.66. The first kappa shape index (κ1) is 13.7. The Morgan fingerprint density at radius 3 is 2.48 bits per heavy atom. The minimum absolute atomic E-state index is 0.321. The molecule has 0 aliphatic heterocycles. The van der Waals surface area contributed by atoms with E-state index in [9.17, 15) is 5.11 Å². The van der Waals surface area contributed by atoms with Gasteiger partial charge in [0.25, 0.3) is 0 Å². The summed E-state index contributed by atoms with van der Waals surface area (Å²) in [7, 11) is 0. The van der Waals surface area contributed by atoms with Crippen molar-refractivity contribution < 1.29 is 5.11 Å². The van der Waals surface area contributed by atoms with Gasteiger partial charge in [-0.3, -0.25) is 0 Å². The summed E-state index contributed by atoms with van der Waals surface area (Å²) in [4.78, 5) is 8.07. The lowest BCUT2D eigenvalue weighted by Gasteiger charge is -2.00. The number of aryl methyl sites for hydroxylation is 4. The fourth-order valence-corrected chi connectivity index (χ4v) is 2.56. The zero-order valence-electron chi connectivity index (χ0n) is 12.5. The molecule has 21 heavy (non-hydrogen) atoms. The van der Waals surface area contributed by atoms with Crippen LogP contribution < -0.4 is 0 Å². The van der Waals surface area contributed by atoms with Gasteiger partial charge in [-0.1, -0.05) is 12.1 Å². The number of hydrogen-bond donors (Lipinski definition) is 2. The number of hydrogen-bond acceptors (Lipinski definition) is 2. The van der Waals surface area contributed by atoms with Crippen LogP contribution in [0.1, 0.15) is 28.9 Å². The smallest absolute Gasteiger partial charge is 0.115 e. The Kier molecular flexibility index (Phi) is 3.65. The number of nitrogens with zero attached hydrogens (tertiary/aromatic N) is 1. The Balaban J connectivity index is 1.66. The molecule has 2 N–H and O–H groups in total. The van der Waals surface area contributed by atoms with Gasteiger partial charge >= 0.3 is 0 Å². The van der Waals surface area contributed by atoms with Crippen molar-refractivity contribution >= 4 is 11.0 Å². The molecule has 0 saturated carbocycles. The van der Waals surface area contributed by atoms with Gasteiger partial charge in [-0.15, -0.1) is 0 Å². The first-order chi connectivity index (χ1) is 10.1. The number of nitrogens with one attached hydrogen (secondary N) is 1. The number of phenolic OH excluding ortho intramolecular Hbond substituents is 1. The van der Waals surface area contributed by atoms with Gasteiger partial charge in [0.2, 0.25) is 0 Å². The van der Waals surface area contributed by atoms with E-state index in [0.717, 1.165) is 36.1 Å². The molecule has 0 unspecified atom stereocenters. The van der Waals surface area contributed by atoms with Gasteiger partial charge in [0.1, 0.15) is 11.6 Å². The van der Waals surface area contributed by atoms with E-state index in [1.54, 1.807) is 12.1 Å². The van der Waals surface area contributed by atoms with Gasteiger partial charge in [0, 0.05) is 6.42 Å². The third-order valence-corrected chi connectivity index (χ3v) is 3.96. The first-order valence-electron chi connectivity index (χ1n) is 7.35. The number of aromatic hydroxyl groups is 1. The largest absolute Gasteiger partial charge is 0.508 e. The number of H-pyrrole nitrogens is 1. The third kappa shape index (κ3) is 3.07. The van der Waals surface area contributed by atoms with E-state index < -0.39 is 0 Å². The number of rotatable bonds is 4. The summed E-state index contributed by atoms with van der Waals surface area (Å²) in [5.41, 5.74) is 6.00. The Morgan fingerprint density at radius 1 is 1.00 bits per heavy atom. The SMILES string of the molecule is Cc1cc2nc(CCCc3ccc(O)cc3)[nH]c2cc1C. The van der Waals surface area contributed by atoms with Gasteiger partial charge in [-0.2, -0.15) is 0 Å². The molecule has 3 aromatic rings. The number of benzene rings is 2. The van der Waals surface area contributed by atoms with Crippen molar-refractivity contribution in [1.82, 2.24) is 9.97 Å². The van der Waals surface area contributed by atoms with Crippen LogP contribution >= 0.6 is 0 Å². The van der Waals surface area contributed by atoms with Crippen LogP contribution in [-0.2, 0) is 12.8 Å². The molecule has 3 rings (SSSR count). The normalized spacial score (nSPS) is 11.1. The molecule has 0 amide bonds. The Labute approximate surface area is 124 Å². The fourth-order valence-electron chi connectivity index (χ4n) is 2.56. The van der Waals surface area contributed by atoms with Gasteiger partial charge in [0.15, 0.2) is 0 Å². The van der Waals surface area contributed by atoms with Gasteiger partial charge < -0.3 is 10.1 Å². The molecule has 0 bridgehead atoms. The lowest BCUT2D eigenvalue weighted by molar-refractivity contribution is 0.475. The molecule has 0 radical (unpaired) electrons. The molecular weight excluding hydrogens is 260 g/mol. The Bertz CT molecular complexity index is 718. The minimum Gasteiger partial charge on any atom is -0.508 e. The van der Waals surface area contributed by atoms with Gasteiger partial charge in [-0.25, -0.2) is 4.98 Å². The van der Waals surface area contributed by atoms with E-state index in [-0.39, 0.29) is 0 Å². The second kappa shape index (κ2) is 5.60. The van der Waals surface area contributed by atoms with E-state index in [4.69, 9.17) is 0 Å². The highest BCUT2D eigenvalue weighted by atomic mass is 16.3. The number of aromatic nitrogens is 2. The monoisotopic (exact) mass is 280 g/mol. The number of fused-ring (bicyclic) bond motifs is 1. The average Bonchev–Trinajstić information content (AvgIpc) is 2.83. The quantitative estimate of drug-likeness (QED) is 0.757. The van der Waals surface area contributed by atoms with Crippen LogP contribution in [-0.4, -0.2) is 15.1 Å². The summed E-state index contributed by atoms with van der Waals surface area (Å²) in [6, 6.07) is 11.7. The van der Waals surface area contributed by atoms with Crippen LogP contribution in [0.15, 0.2) is 36.4 Å². The summed E-state index contributed by atoms with van der Waals surface area (Å²) >= 11 is 0. The highest BCUT2D eigenvalue weighted by molar-refractivity contribution is 5.77. The molecule has 3 nitrogen and oxygen atoms in total. The number of phenols is 1. The van der Waals surface area contributed by atoms with E-state index >= 15 is 0 Å². The highest BCUT2D eigenvalue weighted by Crippen LogP contribution is 2.18. The van der Waals surface area contributed by atoms with Crippen molar-refractivity contribution in [2.75, 3.05) is 0 Å². The van der Waals surface area contributed by atoms with Crippen LogP contribution in [0.3, 0.4) is 0 Å². The van der Waals surface area contributed by atoms with Crippen molar-refractivity contribution in [3.05, 3.63) is 58.9 Å². The standard InChI is InChI=1S/C18H20N2O/c1-12-10-16-17(11-13(12)2)20-18(19-16)5-3-4-14-6-8-15(21)9-7-14/h6-11,21H,3-5H2,1-2H3,(H,19,20). The molecule has 0 spiro atoms. The summed E-state index contributed by atoms with van der Waals surface area (Å²) in [6.07, 6.45) is 2.98. The van der Waals surface area contributed by atoms with Crippen LogP contribution in [0.5, 0.6) is 5.75 Å². The molecule has 0 fully saturated rings. The first-order valence-corrected chi connectivity index (χ1v) is 7.35. The van der Waals surface area contributed by atoms with E-state index in [1.165, 1.54) is 16.7 Å². The molecule has 1 heterocycles. The highest BCUT2D eigenvalue weighted by Gasteiger charge is 2.05. The van der Waals surface area contributed by atoms with E-state index in [2.05, 4.69) is 35.9 Å². The van der Waals surface area contributed by atoms with Crippen LogP contribution in [0.2, 0.25) is 0 Å². The van der Waals surface area contributed by atoms with Crippen LogP contribution in [0, 0.1) is 13.8 Å². The summed E-state index contributed by atoms with van der Waals surface area (Å²) in [5, 5.41) is 9.27. The van der Waals surface area contributed by atoms with Gasteiger partial charge in [-0.05, 0) is 67.6 Å². The Morgan fingerprint density at radius 2 is 1.71 bits per heavy atom. The average molecular weight is 280 g/mol. The topological polar surface area (TPSA) is 48.9 Å². The summed E-state index contributed by atoms with van der Waals surface area (Å²) in [6.45, 7) is 4.24. The molecule has 0 atom stereocenters. The van der Waals surface area contributed by atoms with Crippen molar-refractivity contribution in [1.29, 1.82) is 0 Å². The lowest BCUT2D eigenvalue weighted by Crippen LogP contribution is -1.91. The molecule has 0 saturated heterocycles. The maximum Gasteiger partial charge on any atom is 0.115 e. The predicted octanol–water partition coefficient (Wildman–Crippen LogP) is 4.06. The maximum atomic E-state index is 9.27. The Hall–Kier alpha value is -2.29. The van der Waals surface area contributed by atoms with Gasteiger partial charge in [0.05, 0.1) is 11.0 Å². The van der Waals surface area contributed by atoms with Crippen molar-refractivity contribution in [2.45, 2.75) is 33.1 Å². The fraction of sp³-hybridized carbons (Fsp3) is 0.278. The summed E-state index contributed by atoms with van der Waals surface area (Å²) in [5.74, 6) is 1.37. The van der Waals surface area contributed by atoms with Crippen molar-refractivity contribution in [2.24, 2.45) is 0 Å². The number of aromatic amines is 1. The molecule has 1 aromatic heterocycles. The number of imidazole rings is 1. The molecule has 108 valence electrons. The minimum atomic E-state index is 0.321. The maximum absolute atomic E-state index is 9.27. The van der Waals surface area contributed by atoms with Crippen molar-refractivity contribution in [3.8, 4) is 5.75 Å². The summed E-state index contributed by atoms with van der Waals surface area (Å²) < 4.78 is 0. The van der Waals surface area contributed by atoms with Crippen LogP contribution in [0.4, 0.5) is 0 Å². The molecular formula is C18H20N2O. The zero-order chi connectivity index (χ0) is 14.8. The third-order valence-electron chi connectivity index (χ3n) is 3.96. The lowest BCUT2D eigenvalue weighted by atomic mass is 10.1. The van der Waals surface area contributed by atoms with Crippen LogP contribution in [0.25, 0.3) is 11.0 Å². The zero-order valence-corrected chi connectivity index (χ0v) is 12.5. The molecule has 0 aliphatic carbocycles. The molecule has 2 aromatic carbocycles. The van der Waals surface area contributed by atoms with Crippen molar-refractivity contribution in [3.63, 3.8) is 0 Å².